The first-order chi connectivity index (χ1) is 8.47. The molecule has 1 aromatic rings. The maximum absolute atomic E-state index is 6.30. The number of rotatable bonds is 7. The molecule has 1 atom stereocenters. The van der Waals surface area contributed by atoms with Crippen LogP contribution in [0.4, 0.5) is 0 Å². The van der Waals surface area contributed by atoms with Crippen molar-refractivity contribution in [3.05, 3.63) is 16.9 Å². The molecular weight excluding hydrogens is 266 g/mol. The molecule has 0 bridgehead atoms. The van der Waals surface area contributed by atoms with E-state index < -0.39 is 0 Å². The van der Waals surface area contributed by atoms with Crippen molar-refractivity contribution < 1.29 is 0 Å². The summed E-state index contributed by atoms with van der Waals surface area (Å²) in [6, 6.07) is 0.595. The van der Waals surface area contributed by atoms with Gasteiger partial charge in [0, 0.05) is 11.8 Å². The highest BCUT2D eigenvalue weighted by Crippen LogP contribution is 2.28. The molecule has 0 aliphatic carbocycles. The van der Waals surface area contributed by atoms with E-state index >= 15 is 0 Å². The second-order valence-electron chi connectivity index (χ2n) is 4.91. The molecule has 0 amide bonds. The lowest BCUT2D eigenvalue weighted by Crippen LogP contribution is -2.27. The topological polar surface area (TPSA) is 29.9 Å². The quantitative estimate of drug-likeness (QED) is 0.825. The monoisotopic (exact) mass is 289 g/mol. The van der Waals surface area contributed by atoms with Gasteiger partial charge in [0.15, 0.2) is 0 Å². The van der Waals surface area contributed by atoms with Gasteiger partial charge in [-0.2, -0.15) is 16.9 Å². The summed E-state index contributed by atoms with van der Waals surface area (Å²) in [6.45, 7) is 11.8. The molecule has 0 fully saturated rings. The molecule has 1 heterocycles. The minimum absolute atomic E-state index is 0.264. The van der Waals surface area contributed by atoms with Crippen LogP contribution < -0.4 is 5.32 Å². The fourth-order valence-corrected chi connectivity index (χ4v) is 2.97. The zero-order valence-corrected chi connectivity index (χ0v) is 13.5. The number of aromatic nitrogens is 2. The van der Waals surface area contributed by atoms with Gasteiger partial charge in [0.2, 0.25) is 0 Å². The number of hydrogen-bond acceptors (Lipinski definition) is 3. The molecule has 18 heavy (non-hydrogen) atoms. The zero-order valence-electron chi connectivity index (χ0n) is 11.9. The van der Waals surface area contributed by atoms with Crippen molar-refractivity contribution in [3.8, 4) is 0 Å². The smallest absolute Gasteiger partial charge is 0.0834 e. The largest absolute Gasteiger partial charge is 0.308 e. The predicted molar refractivity (Wildman–Crippen MR) is 81.6 cm³/mol. The van der Waals surface area contributed by atoms with E-state index in [0.717, 1.165) is 23.0 Å². The van der Waals surface area contributed by atoms with Crippen LogP contribution in [0.25, 0.3) is 0 Å². The molecule has 0 spiro atoms. The van der Waals surface area contributed by atoms with Gasteiger partial charge in [-0.15, -0.1) is 0 Å². The van der Waals surface area contributed by atoms with Crippen LogP contribution in [0.15, 0.2) is 6.20 Å². The Hall–Kier alpha value is -0.190. The van der Waals surface area contributed by atoms with Crippen LogP contribution in [0.2, 0.25) is 5.02 Å². The Morgan fingerprint density at radius 2 is 2.06 bits per heavy atom. The van der Waals surface area contributed by atoms with Crippen molar-refractivity contribution in [2.24, 2.45) is 0 Å². The maximum atomic E-state index is 6.30. The minimum Gasteiger partial charge on any atom is -0.308 e. The number of nitrogens with one attached hydrogen (secondary N) is 1. The third kappa shape index (κ3) is 4.18. The number of nitrogens with zero attached hydrogens (tertiary/aromatic N) is 2. The fraction of sp³-hybridized carbons (Fsp3) is 0.769. The van der Waals surface area contributed by atoms with Crippen molar-refractivity contribution in [1.82, 2.24) is 15.1 Å². The molecule has 5 heteroatoms. The highest BCUT2D eigenvalue weighted by molar-refractivity contribution is 7.99. The summed E-state index contributed by atoms with van der Waals surface area (Å²) in [6.07, 6.45) is 1.75. The van der Waals surface area contributed by atoms with Gasteiger partial charge in [0.25, 0.3) is 0 Å². The summed E-state index contributed by atoms with van der Waals surface area (Å²) in [5.41, 5.74) is 1.11. The molecule has 0 aliphatic rings. The van der Waals surface area contributed by atoms with Gasteiger partial charge in [-0.3, -0.25) is 4.68 Å². The van der Waals surface area contributed by atoms with E-state index in [0.29, 0.717) is 11.3 Å². The molecule has 0 aliphatic heterocycles. The zero-order chi connectivity index (χ0) is 13.7. The van der Waals surface area contributed by atoms with Gasteiger partial charge < -0.3 is 5.32 Å². The van der Waals surface area contributed by atoms with Crippen molar-refractivity contribution >= 4 is 23.4 Å². The minimum atomic E-state index is 0.264. The summed E-state index contributed by atoms with van der Waals surface area (Å²) in [5.74, 6) is 1.02. The Morgan fingerprint density at radius 3 is 2.56 bits per heavy atom. The molecule has 104 valence electrons. The summed E-state index contributed by atoms with van der Waals surface area (Å²) < 4.78 is 2.02. The lowest BCUT2D eigenvalue weighted by atomic mass is 10.2. The first-order valence-corrected chi connectivity index (χ1v) is 7.97. The molecule has 0 saturated carbocycles. The van der Waals surface area contributed by atoms with Crippen LogP contribution in [-0.4, -0.2) is 27.3 Å². The van der Waals surface area contributed by atoms with Crippen LogP contribution in [-0.2, 0) is 0 Å². The molecule has 0 saturated heterocycles. The number of hydrogen-bond donors (Lipinski definition) is 1. The van der Waals surface area contributed by atoms with Gasteiger partial charge >= 0.3 is 0 Å². The number of halogens is 1. The summed E-state index contributed by atoms with van der Waals surface area (Å²) in [7, 11) is 0. The standard InChI is InChI=1S/C13H24ClN3S/c1-6-15-12(8-18-10(4)5)13-11(14)7-16-17(13)9(2)3/h7,9-10,12,15H,6,8H2,1-5H3. The van der Waals surface area contributed by atoms with Crippen LogP contribution >= 0.6 is 23.4 Å². The first kappa shape index (κ1) is 15.9. The lowest BCUT2D eigenvalue weighted by molar-refractivity contribution is 0.468. The van der Waals surface area contributed by atoms with Gasteiger partial charge in [-0.05, 0) is 25.6 Å². The molecule has 0 radical (unpaired) electrons. The van der Waals surface area contributed by atoms with Gasteiger partial charge in [-0.25, -0.2) is 0 Å². The van der Waals surface area contributed by atoms with Gasteiger partial charge in [0.1, 0.15) is 0 Å². The highest BCUT2D eigenvalue weighted by atomic mass is 35.5. The molecule has 1 rings (SSSR count). The molecule has 0 aromatic carbocycles. The predicted octanol–water partition coefficient (Wildman–Crippen LogP) is 3.91. The average Bonchev–Trinajstić information content (AvgIpc) is 2.66. The van der Waals surface area contributed by atoms with E-state index in [4.69, 9.17) is 11.6 Å². The normalized spacial score (nSPS) is 13.6. The third-order valence-electron chi connectivity index (χ3n) is 2.65. The third-order valence-corrected chi connectivity index (χ3v) is 4.14. The van der Waals surface area contributed by atoms with E-state index in [2.05, 4.69) is 45.0 Å². The van der Waals surface area contributed by atoms with Crippen LogP contribution in [0, 0.1) is 0 Å². The number of thioether (sulfide) groups is 1. The maximum Gasteiger partial charge on any atom is 0.0834 e. The van der Waals surface area contributed by atoms with Gasteiger partial charge in [-0.1, -0.05) is 32.4 Å². The summed E-state index contributed by atoms with van der Waals surface area (Å²) in [5, 5.41) is 9.28. The van der Waals surface area contributed by atoms with Crippen molar-refractivity contribution in [3.63, 3.8) is 0 Å². The van der Waals surface area contributed by atoms with E-state index in [1.54, 1.807) is 6.20 Å². The second-order valence-corrected chi connectivity index (χ2v) is 6.93. The van der Waals surface area contributed by atoms with Crippen molar-refractivity contribution in [1.29, 1.82) is 0 Å². The Bertz CT molecular complexity index is 363. The van der Waals surface area contributed by atoms with Crippen molar-refractivity contribution in [2.45, 2.75) is 52.0 Å². The van der Waals surface area contributed by atoms with Crippen molar-refractivity contribution in [2.75, 3.05) is 12.3 Å². The Labute approximate surface area is 120 Å². The van der Waals surface area contributed by atoms with E-state index in [1.807, 2.05) is 16.4 Å². The SMILES string of the molecule is CCNC(CSC(C)C)c1c(Cl)cnn1C(C)C. The van der Waals surface area contributed by atoms with Crippen LogP contribution in [0.1, 0.15) is 52.4 Å². The summed E-state index contributed by atoms with van der Waals surface area (Å²) in [4.78, 5) is 0. The Kier molecular flexibility index (Phi) is 6.53. The Balaban J connectivity index is 2.93. The van der Waals surface area contributed by atoms with Gasteiger partial charge in [0.05, 0.1) is 23.0 Å². The second kappa shape index (κ2) is 7.41. The molecule has 1 unspecified atom stereocenters. The van der Waals surface area contributed by atoms with E-state index in [9.17, 15) is 0 Å². The van der Waals surface area contributed by atoms with E-state index in [-0.39, 0.29) is 6.04 Å². The molecule has 1 N–H and O–H groups in total. The lowest BCUT2D eigenvalue weighted by Gasteiger charge is -2.22. The fourth-order valence-electron chi connectivity index (χ4n) is 1.86. The first-order valence-electron chi connectivity index (χ1n) is 6.55. The van der Waals surface area contributed by atoms with E-state index in [1.165, 1.54) is 0 Å². The van der Waals surface area contributed by atoms with Crippen LogP contribution in [0.5, 0.6) is 0 Å². The molecule has 1 aromatic heterocycles. The molecule has 3 nitrogen and oxygen atoms in total. The highest BCUT2D eigenvalue weighted by Gasteiger charge is 2.21. The average molecular weight is 290 g/mol. The summed E-state index contributed by atoms with van der Waals surface area (Å²) >= 11 is 8.25. The molecular formula is C13H24ClN3S. The Morgan fingerprint density at radius 1 is 1.39 bits per heavy atom. The van der Waals surface area contributed by atoms with Crippen LogP contribution in [0.3, 0.4) is 0 Å².